The van der Waals surface area contributed by atoms with E-state index in [0.717, 1.165) is 0 Å². The van der Waals surface area contributed by atoms with Gasteiger partial charge in [-0.15, -0.1) is 0 Å². The molecule has 0 radical (unpaired) electrons. The third-order valence-electron chi connectivity index (χ3n) is 2.09. The van der Waals surface area contributed by atoms with E-state index in [1.165, 1.54) is 23.5 Å². The highest BCUT2D eigenvalue weighted by atomic mass is 16.5. The van der Waals surface area contributed by atoms with Gasteiger partial charge in [0.25, 0.3) is 5.91 Å². The van der Waals surface area contributed by atoms with E-state index in [2.05, 4.69) is 9.97 Å². The molecule has 0 aromatic carbocycles. The minimum absolute atomic E-state index is 0.177. The number of carbonyl (C=O) groups excluding carboxylic acids is 2. The predicted octanol–water partition coefficient (Wildman–Crippen LogP) is 0.502. The number of esters is 1. The van der Waals surface area contributed by atoms with Crippen LogP contribution in [0.1, 0.15) is 23.8 Å². The number of amides is 1. The van der Waals surface area contributed by atoms with Gasteiger partial charge in [0.1, 0.15) is 5.69 Å². The largest absolute Gasteiger partial charge is 0.466 e. The number of hydrogen-bond donors (Lipinski definition) is 0. The van der Waals surface area contributed by atoms with Crippen LogP contribution in [0.3, 0.4) is 0 Å². The number of nitrogens with zero attached hydrogens (tertiary/aromatic N) is 3. The molecular formula is C11H15N3O3. The Morgan fingerprint density at radius 3 is 2.76 bits per heavy atom. The first kappa shape index (κ1) is 13.1. The quantitative estimate of drug-likeness (QED) is 0.697. The molecule has 1 rings (SSSR count). The summed E-state index contributed by atoms with van der Waals surface area (Å²) in [6, 6.07) is 0. The Morgan fingerprint density at radius 2 is 2.18 bits per heavy atom. The Kier molecular flexibility index (Phi) is 5.06. The van der Waals surface area contributed by atoms with E-state index >= 15 is 0 Å². The van der Waals surface area contributed by atoms with E-state index in [-0.39, 0.29) is 24.0 Å². The first-order valence-corrected chi connectivity index (χ1v) is 5.32. The van der Waals surface area contributed by atoms with Gasteiger partial charge in [-0.1, -0.05) is 0 Å². The first-order chi connectivity index (χ1) is 8.15. The van der Waals surface area contributed by atoms with Gasteiger partial charge in [0.2, 0.25) is 0 Å². The summed E-state index contributed by atoms with van der Waals surface area (Å²) in [4.78, 5) is 32.0. The van der Waals surface area contributed by atoms with Crippen molar-refractivity contribution >= 4 is 11.9 Å². The van der Waals surface area contributed by atoms with Crippen LogP contribution in [0.5, 0.6) is 0 Å². The van der Waals surface area contributed by atoms with Crippen LogP contribution in [-0.2, 0) is 9.53 Å². The molecule has 0 fully saturated rings. The maximum Gasteiger partial charge on any atom is 0.307 e. The van der Waals surface area contributed by atoms with Gasteiger partial charge < -0.3 is 9.64 Å². The maximum atomic E-state index is 11.8. The fraction of sp³-hybridized carbons (Fsp3) is 0.455. The van der Waals surface area contributed by atoms with Crippen molar-refractivity contribution < 1.29 is 14.3 Å². The molecule has 1 aromatic heterocycles. The van der Waals surface area contributed by atoms with E-state index < -0.39 is 0 Å². The number of hydrogen-bond acceptors (Lipinski definition) is 5. The molecule has 6 heteroatoms. The predicted molar refractivity (Wildman–Crippen MR) is 60.2 cm³/mol. The number of carbonyl (C=O) groups is 2. The van der Waals surface area contributed by atoms with Crippen LogP contribution in [0.15, 0.2) is 18.6 Å². The van der Waals surface area contributed by atoms with Crippen molar-refractivity contribution in [2.24, 2.45) is 0 Å². The average Bonchev–Trinajstić information content (AvgIpc) is 2.36. The van der Waals surface area contributed by atoms with E-state index in [4.69, 9.17) is 4.74 Å². The summed E-state index contributed by atoms with van der Waals surface area (Å²) >= 11 is 0. The molecule has 6 nitrogen and oxygen atoms in total. The van der Waals surface area contributed by atoms with Gasteiger partial charge in [-0.2, -0.15) is 0 Å². The normalized spacial score (nSPS) is 9.76. The van der Waals surface area contributed by atoms with Crippen molar-refractivity contribution in [3.8, 4) is 0 Å². The number of ether oxygens (including phenoxy) is 1. The van der Waals surface area contributed by atoms with Crippen molar-refractivity contribution in [1.29, 1.82) is 0 Å². The van der Waals surface area contributed by atoms with E-state index in [1.54, 1.807) is 14.0 Å². The summed E-state index contributed by atoms with van der Waals surface area (Å²) in [7, 11) is 1.61. The number of rotatable bonds is 5. The van der Waals surface area contributed by atoms with Crippen molar-refractivity contribution in [1.82, 2.24) is 14.9 Å². The molecule has 0 atom stereocenters. The van der Waals surface area contributed by atoms with Crippen LogP contribution in [-0.4, -0.2) is 46.9 Å². The fourth-order valence-corrected chi connectivity index (χ4v) is 1.20. The minimum Gasteiger partial charge on any atom is -0.466 e. The standard InChI is InChI=1S/C11H15N3O3/c1-3-17-10(15)4-7-14(2)11(16)9-8-12-5-6-13-9/h5-6,8H,3-4,7H2,1-2H3. The second-order valence-corrected chi connectivity index (χ2v) is 3.37. The minimum atomic E-state index is -0.314. The van der Waals surface area contributed by atoms with Crippen LogP contribution in [0, 0.1) is 0 Å². The SMILES string of the molecule is CCOC(=O)CCN(C)C(=O)c1cnccn1. The summed E-state index contributed by atoms with van der Waals surface area (Å²) in [5.41, 5.74) is 0.263. The van der Waals surface area contributed by atoms with Crippen LogP contribution >= 0.6 is 0 Å². The van der Waals surface area contributed by atoms with Crippen LogP contribution in [0.4, 0.5) is 0 Å². The lowest BCUT2D eigenvalue weighted by molar-refractivity contribution is -0.143. The molecule has 92 valence electrons. The molecule has 0 aliphatic rings. The summed E-state index contributed by atoms with van der Waals surface area (Å²) in [6.45, 7) is 2.39. The van der Waals surface area contributed by atoms with E-state index in [1.807, 2.05) is 0 Å². The zero-order valence-corrected chi connectivity index (χ0v) is 9.92. The molecule has 1 aromatic rings. The van der Waals surface area contributed by atoms with Crippen LogP contribution in [0.25, 0.3) is 0 Å². The molecule has 0 unspecified atom stereocenters. The van der Waals surface area contributed by atoms with Crippen LogP contribution < -0.4 is 0 Å². The molecule has 0 spiro atoms. The van der Waals surface area contributed by atoms with Crippen LogP contribution in [0.2, 0.25) is 0 Å². The summed E-state index contributed by atoms with van der Waals surface area (Å²) in [5, 5.41) is 0. The van der Waals surface area contributed by atoms with E-state index in [0.29, 0.717) is 13.2 Å². The van der Waals surface area contributed by atoms with Gasteiger partial charge in [-0.25, -0.2) is 4.98 Å². The topological polar surface area (TPSA) is 72.4 Å². The molecule has 0 N–H and O–H groups in total. The zero-order chi connectivity index (χ0) is 12.7. The van der Waals surface area contributed by atoms with Gasteiger partial charge in [0, 0.05) is 26.0 Å². The monoisotopic (exact) mass is 237 g/mol. The third-order valence-corrected chi connectivity index (χ3v) is 2.09. The van der Waals surface area contributed by atoms with Gasteiger partial charge >= 0.3 is 5.97 Å². The zero-order valence-electron chi connectivity index (χ0n) is 9.92. The van der Waals surface area contributed by atoms with Gasteiger partial charge in [0.15, 0.2) is 0 Å². The highest BCUT2D eigenvalue weighted by molar-refractivity contribution is 5.91. The Balaban J connectivity index is 2.45. The number of aromatic nitrogens is 2. The molecule has 0 aliphatic heterocycles. The van der Waals surface area contributed by atoms with E-state index in [9.17, 15) is 9.59 Å². The molecule has 1 heterocycles. The molecule has 0 aliphatic carbocycles. The highest BCUT2D eigenvalue weighted by Crippen LogP contribution is 1.99. The summed E-state index contributed by atoms with van der Waals surface area (Å²) in [5.74, 6) is -0.575. The van der Waals surface area contributed by atoms with Gasteiger partial charge in [-0.05, 0) is 6.92 Å². The Bertz CT molecular complexity index is 381. The Labute approximate surface area is 99.6 Å². The third kappa shape index (κ3) is 4.18. The molecule has 17 heavy (non-hydrogen) atoms. The second kappa shape index (κ2) is 6.57. The summed E-state index contributed by atoms with van der Waals surface area (Å²) < 4.78 is 4.77. The molecule has 0 saturated carbocycles. The Morgan fingerprint density at radius 1 is 1.41 bits per heavy atom. The lowest BCUT2D eigenvalue weighted by Crippen LogP contribution is -2.30. The molecular weight excluding hydrogens is 222 g/mol. The van der Waals surface area contributed by atoms with Gasteiger partial charge in [-0.3, -0.25) is 14.6 Å². The lowest BCUT2D eigenvalue weighted by Gasteiger charge is -2.15. The first-order valence-electron chi connectivity index (χ1n) is 5.32. The Hall–Kier alpha value is -1.98. The van der Waals surface area contributed by atoms with Crippen molar-refractivity contribution in [2.45, 2.75) is 13.3 Å². The highest BCUT2D eigenvalue weighted by Gasteiger charge is 2.14. The smallest absolute Gasteiger partial charge is 0.307 e. The maximum absolute atomic E-state index is 11.8. The fourth-order valence-electron chi connectivity index (χ4n) is 1.20. The lowest BCUT2D eigenvalue weighted by atomic mass is 10.3. The average molecular weight is 237 g/mol. The van der Waals surface area contributed by atoms with Crippen molar-refractivity contribution in [3.63, 3.8) is 0 Å². The molecule has 0 saturated heterocycles. The molecule has 1 amide bonds. The van der Waals surface area contributed by atoms with Gasteiger partial charge in [0.05, 0.1) is 19.2 Å². The van der Waals surface area contributed by atoms with Crippen molar-refractivity contribution in [2.75, 3.05) is 20.2 Å². The second-order valence-electron chi connectivity index (χ2n) is 3.37. The summed E-state index contributed by atoms with van der Waals surface area (Å²) in [6.07, 6.45) is 4.52. The van der Waals surface area contributed by atoms with Crippen molar-refractivity contribution in [3.05, 3.63) is 24.3 Å². The molecule has 0 bridgehead atoms.